The van der Waals surface area contributed by atoms with Gasteiger partial charge in [0.25, 0.3) is 0 Å². The van der Waals surface area contributed by atoms with Gasteiger partial charge in [-0.1, -0.05) is 0 Å². The van der Waals surface area contributed by atoms with Crippen molar-refractivity contribution in [2.75, 3.05) is 13.7 Å². The summed E-state index contributed by atoms with van der Waals surface area (Å²) >= 11 is 3.40. The van der Waals surface area contributed by atoms with Crippen LogP contribution in [0.25, 0.3) is 0 Å². The quantitative estimate of drug-likeness (QED) is 0.784. The van der Waals surface area contributed by atoms with Crippen LogP contribution in [0.2, 0.25) is 0 Å². The van der Waals surface area contributed by atoms with Gasteiger partial charge < -0.3 is 9.47 Å². The van der Waals surface area contributed by atoms with Gasteiger partial charge in [0.05, 0.1) is 19.1 Å². The van der Waals surface area contributed by atoms with Crippen LogP contribution in [0.15, 0.2) is 16.7 Å². The van der Waals surface area contributed by atoms with Crippen LogP contribution in [-0.4, -0.2) is 24.7 Å². The third-order valence-corrected chi connectivity index (χ3v) is 3.43. The fourth-order valence-electron chi connectivity index (χ4n) is 2.10. The van der Waals surface area contributed by atoms with Crippen molar-refractivity contribution in [1.29, 1.82) is 0 Å². The van der Waals surface area contributed by atoms with E-state index in [1.54, 1.807) is 13.3 Å². The van der Waals surface area contributed by atoms with E-state index in [1.807, 2.05) is 13.0 Å². The van der Waals surface area contributed by atoms with E-state index in [2.05, 4.69) is 20.9 Å². The minimum absolute atomic E-state index is 0.0331. The molecule has 0 amide bonds. The van der Waals surface area contributed by atoms with Gasteiger partial charge in [-0.3, -0.25) is 9.78 Å². The lowest BCUT2D eigenvalue weighted by atomic mass is 10.1. The number of aromatic nitrogens is 1. The predicted molar refractivity (Wildman–Crippen MR) is 70.1 cm³/mol. The molecular weight excluding hydrogens is 298 g/mol. The summed E-state index contributed by atoms with van der Waals surface area (Å²) < 4.78 is 11.1. The zero-order chi connectivity index (χ0) is 13.1. The van der Waals surface area contributed by atoms with Gasteiger partial charge in [0.1, 0.15) is 0 Å². The van der Waals surface area contributed by atoms with Crippen LogP contribution in [0.3, 0.4) is 0 Å². The van der Waals surface area contributed by atoms with Crippen molar-refractivity contribution in [3.63, 3.8) is 0 Å². The van der Waals surface area contributed by atoms with Crippen molar-refractivity contribution >= 4 is 21.9 Å². The second kappa shape index (κ2) is 5.80. The standard InChI is InChI=1S/C13H16BrNO3/c1-3-18-13(16)11-5-10(11)12-8(7-17-2)4-9(14)6-15-12/h4,6,10-11H,3,5,7H2,1-2H3. The number of hydrogen-bond acceptors (Lipinski definition) is 4. The molecule has 0 spiro atoms. The molecule has 1 fully saturated rings. The fraction of sp³-hybridized carbons (Fsp3) is 0.538. The van der Waals surface area contributed by atoms with Crippen LogP contribution >= 0.6 is 15.9 Å². The Balaban J connectivity index is 2.13. The molecule has 18 heavy (non-hydrogen) atoms. The minimum Gasteiger partial charge on any atom is -0.466 e. The summed E-state index contributed by atoms with van der Waals surface area (Å²) in [4.78, 5) is 16.1. The first-order valence-corrected chi connectivity index (χ1v) is 6.76. The molecule has 2 atom stereocenters. The highest BCUT2D eigenvalue weighted by molar-refractivity contribution is 9.10. The Kier molecular flexibility index (Phi) is 4.35. The fourth-order valence-corrected chi connectivity index (χ4v) is 2.48. The number of hydrogen-bond donors (Lipinski definition) is 0. The summed E-state index contributed by atoms with van der Waals surface area (Å²) in [6.07, 6.45) is 2.58. The molecular formula is C13H16BrNO3. The van der Waals surface area contributed by atoms with Crippen LogP contribution < -0.4 is 0 Å². The number of methoxy groups -OCH3 is 1. The molecule has 0 N–H and O–H groups in total. The van der Waals surface area contributed by atoms with E-state index >= 15 is 0 Å². The molecule has 5 heteroatoms. The van der Waals surface area contributed by atoms with Gasteiger partial charge in [0.2, 0.25) is 0 Å². The van der Waals surface area contributed by atoms with Crippen molar-refractivity contribution in [3.8, 4) is 0 Å². The Morgan fingerprint density at radius 1 is 1.61 bits per heavy atom. The highest BCUT2D eigenvalue weighted by atomic mass is 79.9. The lowest BCUT2D eigenvalue weighted by Gasteiger charge is -2.08. The first-order chi connectivity index (χ1) is 8.67. The lowest BCUT2D eigenvalue weighted by molar-refractivity contribution is -0.144. The largest absolute Gasteiger partial charge is 0.466 e. The van der Waals surface area contributed by atoms with Gasteiger partial charge in [-0.25, -0.2) is 0 Å². The maximum atomic E-state index is 11.6. The van der Waals surface area contributed by atoms with E-state index in [0.717, 1.165) is 22.2 Å². The van der Waals surface area contributed by atoms with E-state index < -0.39 is 0 Å². The van der Waals surface area contributed by atoms with Crippen LogP contribution in [0.1, 0.15) is 30.5 Å². The second-order valence-corrected chi connectivity index (χ2v) is 5.25. The smallest absolute Gasteiger partial charge is 0.309 e. The molecule has 2 rings (SSSR count). The second-order valence-electron chi connectivity index (χ2n) is 4.33. The Morgan fingerprint density at radius 3 is 3.06 bits per heavy atom. The summed E-state index contributed by atoms with van der Waals surface area (Å²) in [5, 5.41) is 0. The molecule has 1 saturated carbocycles. The first-order valence-electron chi connectivity index (χ1n) is 5.97. The molecule has 4 nitrogen and oxygen atoms in total. The monoisotopic (exact) mass is 313 g/mol. The summed E-state index contributed by atoms with van der Waals surface area (Å²) in [6, 6.07) is 1.99. The van der Waals surface area contributed by atoms with Crippen molar-refractivity contribution < 1.29 is 14.3 Å². The van der Waals surface area contributed by atoms with Gasteiger partial charge >= 0.3 is 5.97 Å². The summed E-state index contributed by atoms with van der Waals surface area (Å²) in [5.74, 6) is 0.0344. The molecule has 0 bridgehead atoms. The van der Waals surface area contributed by atoms with Crippen LogP contribution in [-0.2, 0) is 20.9 Å². The van der Waals surface area contributed by atoms with Gasteiger partial charge in [0, 0.05) is 35.0 Å². The summed E-state index contributed by atoms with van der Waals surface area (Å²) in [7, 11) is 1.65. The molecule has 1 aliphatic rings. The van der Waals surface area contributed by atoms with Gasteiger partial charge in [-0.2, -0.15) is 0 Å². The zero-order valence-corrected chi connectivity index (χ0v) is 12.1. The molecule has 1 aliphatic carbocycles. The van der Waals surface area contributed by atoms with Crippen LogP contribution in [0.5, 0.6) is 0 Å². The molecule has 0 aromatic carbocycles. The van der Waals surface area contributed by atoms with Crippen LogP contribution in [0, 0.1) is 5.92 Å². The number of halogens is 1. The molecule has 0 aliphatic heterocycles. The number of carbonyl (C=O) groups is 1. The number of carbonyl (C=O) groups excluding carboxylic acids is 1. The van der Waals surface area contributed by atoms with Gasteiger partial charge in [-0.05, 0) is 35.3 Å². The molecule has 2 unspecified atom stereocenters. The maximum absolute atomic E-state index is 11.6. The highest BCUT2D eigenvalue weighted by Gasteiger charge is 2.47. The Labute approximate surface area is 115 Å². The third-order valence-electron chi connectivity index (χ3n) is 3.00. The molecule has 1 aromatic heterocycles. The number of nitrogens with zero attached hydrogens (tertiary/aromatic N) is 1. The Morgan fingerprint density at radius 2 is 2.39 bits per heavy atom. The zero-order valence-electron chi connectivity index (χ0n) is 10.5. The number of ether oxygens (including phenoxy) is 2. The molecule has 0 saturated heterocycles. The predicted octanol–water partition coefficient (Wildman–Crippen LogP) is 2.66. The highest BCUT2D eigenvalue weighted by Crippen LogP contribution is 2.48. The number of rotatable bonds is 5. The van der Waals surface area contributed by atoms with Crippen molar-refractivity contribution in [2.24, 2.45) is 5.92 Å². The van der Waals surface area contributed by atoms with Crippen LogP contribution in [0.4, 0.5) is 0 Å². The molecule has 0 radical (unpaired) electrons. The topological polar surface area (TPSA) is 48.4 Å². The summed E-state index contributed by atoms with van der Waals surface area (Å²) in [5.41, 5.74) is 1.99. The van der Waals surface area contributed by atoms with E-state index in [9.17, 15) is 4.79 Å². The van der Waals surface area contributed by atoms with E-state index in [-0.39, 0.29) is 17.8 Å². The van der Waals surface area contributed by atoms with E-state index in [1.165, 1.54) is 0 Å². The van der Waals surface area contributed by atoms with Gasteiger partial charge in [-0.15, -0.1) is 0 Å². The Bertz CT molecular complexity index is 450. The first kappa shape index (κ1) is 13.5. The minimum atomic E-state index is -0.115. The normalized spacial score (nSPS) is 21.7. The maximum Gasteiger partial charge on any atom is 0.309 e. The Hall–Kier alpha value is -0.940. The summed E-state index contributed by atoms with van der Waals surface area (Å²) in [6.45, 7) is 2.76. The lowest BCUT2D eigenvalue weighted by Crippen LogP contribution is -2.08. The van der Waals surface area contributed by atoms with Gasteiger partial charge in [0.15, 0.2) is 0 Å². The van der Waals surface area contributed by atoms with E-state index in [0.29, 0.717) is 13.2 Å². The molecule has 1 heterocycles. The third kappa shape index (κ3) is 2.90. The average Bonchev–Trinajstić information content (AvgIpc) is 3.10. The van der Waals surface area contributed by atoms with E-state index in [4.69, 9.17) is 9.47 Å². The van der Waals surface area contributed by atoms with Crippen molar-refractivity contribution in [3.05, 3.63) is 28.0 Å². The SMILES string of the molecule is CCOC(=O)C1CC1c1ncc(Br)cc1COC. The number of esters is 1. The average molecular weight is 314 g/mol. The molecule has 98 valence electrons. The van der Waals surface area contributed by atoms with Crippen molar-refractivity contribution in [1.82, 2.24) is 4.98 Å². The number of pyridine rings is 1. The van der Waals surface area contributed by atoms with Crippen molar-refractivity contribution in [2.45, 2.75) is 25.9 Å². The molecule has 1 aromatic rings.